The lowest BCUT2D eigenvalue weighted by Gasteiger charge is -2.13. The van der Waals surface area contributed by atoms with Gasteiger partial charge in [0.15, 0.2) is 0 Å². The van der Waals surface area contributed by atoms with E-state index in [1.165, 1.54) is 49.0 Å². The molecule has 5 heteroatoms. The molecule has 0 N–H and O–H groups in total. The maximum Gasteiger partial charge on any atom is 0.145 e. The summed E-state index contributed by atoms with van der Waals surface area (Å²) in [6.07, 6.45) is 7.74. The molecule has 0 aliphatic carbocycles. The Bertz CT molecular complexity index is 2710. The highest BCUT2D eigenvalue weighted by Gasteiger charge is 2.23. The Morgan fingerprint density at radius 2 is 1.12 bits per heavy atom. The van der Waals surface area contributed by atoms with Crippen LogP contribution in [-0.2, 0) is 0 Å². The Kier molecular flexibility index (Phi) is 4.39. The molecular formula is C38H23N5. The van der Waals surface area contributed by atoms with E-state index in [-0.39, 0.29) is 0 Å². The molecule has 5 aromatic heterocycles. The van der Waals surface area contributed by atoms with Gasteiger partial charge in [0.25, 0.3) is 0 Å². The molecule has 0 bridgehead atoms. The number of aromatic nitrogens is 5. The number of para-hydroxylation sites is 3. The van der Waals surface area contributed by atoms with E-state index in [0.29, 0.717) is 0 Å². The normalized spacial score (nSPS) is 12.2. The summed E-state index contributed by atoms with van der Waals surface area (Å²) in [5.74, 6) is 0. The number of nitrogens with zero attached hydrogens (tertiary/aromatic N) is 5. The second kappa shape index (κ2) is 8.30. The van der Waals surface area contributed by atoms with E-state index in [4.69, 9.17) is 4.98 Å². The zero-order valence-corrected chi connectivity index (χ0v) is 23.0. The molecule has 0 radical (unpaired) electrons. The highest BCUT2D eigenvalue weighted by molar-refractivity contribution is 6.32. The first-order valence-electron chi connectivity index (χ1n) is 14.5. The molecule has 0 aliphatic heterocycles. The van der Waals surface area contributed by atoms with Crippen LogP contribution < -0.4 is 0 Å². The van der Waals surface area contributed by atoms with E-state index < -0.39 is 0 Å². The van der Waals surface area contributed by atoms with E-state index in [2.05, 4.69) is 134 Å². The fraction of sp³-hybridized carbons (Fsp3) is 0. The Balaban J connectivity index is 1.54. The predicted molar refractivity (Wildman–Crippen MR) is 177 cm³/mol. The number of benzene rings is 5. The topological polar surface area (TPSA) is 40.1 Å². The van der Waals surface area contributed by atoms with Crippen LogP contribution in [0.4, 0.5) is 0 Å². The Morgan fingerprint density at radius 3 is 1.93 bits per heavy atom. The first kappa shape index (κ1) is 22.7. The number of pyridine rings is 2. The van der Waals surface area contributed by atoms with Crippen LogP contribution in [0, 0.1) is 0 Å². The van der Waals surface area contributed by atoms with E-state index in [9.17, 15) is 0 Å². The van der Waals surface area contributed by atoms with Crippen LogP contribution in [0.2, 0.25) is 0 Å². The lowest BCUT2D eigenvalue weighted by atomic mass is 10.0. The first-order chi connectivity index (χ1) is 21.4. The minimum atomic E-state index is 0.936. The summed E-state index contributed by atoms with van der Waals surface area (Å²) in [6, 6.07) is 41.5. The Morgan fingerprint density at radius 1 is 0.442 bits per heavy atom. The van der Waals surface area contributed by atoms with Crippen molar-refractivity contribution in [2.75, 3.05) is 0 Å². The third kappa shape index (κ3) is 2.90. The largest absolute Gasteiger partial charge is 0.309 e. The molecule has 0 aliphatic rings. The number of hydrogen-bond acceptors (Lipinski definition) is 2. The zero-order chi connectivity index (χ0) is 28.1. The van der Waals surface area contributed by atoms with Crippen molar-refractivity contribution in [3.05, 3.63) is 140 Å². The van der Waals surface area contributed by atoms with Crippen molar-refractivity contribution in [1.82, 2.24) is 23.5 Å². The fourth-order valence-electron chi connectivity index (χ4n) is 7.28. The molecule has 5 aromatic carbocycles. The minimum absolute atomic E-state index is 0.936. The van der Waals surface area contributed by atoms with Gasteiger partial charge in [-0.05, 0) is 48.5 Å². The number of fused-ring (bicyclic) bond motifs is 14. The van der Waals surface area contributed by atoms with Gasteiger partial charge < -0.3 is 9.13 Å². The first-order valence-corrected chi connectivity index (χ1v) is 14.5. The van der Waals surface area contributed by atoms with E-state index in [1.807, 2.05) is 24.8 Å². The molecule has 0 fully saturated rings. The molecule has 10 rings (SSSR count). The molecule has 200 valence electrons. The third-order valence-electron chi connectivity index (χ3n) is 8.97. The van der Waals surface area contributed by atoms with Crippen LogP contribution in [0.15, 0.2) is 140 Å². The highest BCUT2D eigenvalue weighted by Crippen LogP contribution is 2.45. The van der Waals surface area contributed by atoms with Gasteiger partial charge in [-0.15, -0.1) is 0 Å². The second-order valence-electron chi connectivity index (χ2n) is 11.1. The summed E-state index contributed by atoms with van der Waals surface area (Å²) in [7, 11) is 0. The molecule has 5 heterocycles. The van der Waals surface area contributed by atoms with Crippen LogP contribution in [0.25, 0.3) is 82.3 Å². The van der Waals surface area contributed by atoms with Gasteiger partial charge in [0.2, 0.25) is 0 Å². The zero-order valence-electron chi connectivity index (χ0n) is 23.0. The predicted octanol–water partition coefficient (Wildman–Crippen LogP) is 9.23. The summed E-state index contributed by atoms with van der Waals surface area (Å²) in [5, 5.41) is 8.41. The molecular weight excluding hydrogens is 526 g/mol. The number of imidazole rings is 1. The lowest BCUT2D eigenvalue weighted by molar-refractivity contribution is 1.18. The van der Waals surface area contributed by atoms with Gasteiger partial charge in [-0.2, -0.15) is 0 Å². The van der Waals surface area contributed by atoms with Crippen molar-refractivity contribution in [2.24, 2.45) is 0 Å². The fourth-order valence-corrected chi connectivity index (χ4v) is 7.28. The van der Waals surface area contributed by atoms with Crippen LogP contribution in [-0.4, -0.2) is 23.5 Å². The summed E-state index contributed by atoms with van der Waals surface area (Å²) >= 11 is 0. The molecule has 0 atom stereocenters. The van der Waals surface area contributed by atoms with Gasteiger partial charge >= 0.3 is 0 Å². The maximum absolute atomic E-state index is 4.81. The smallest absolute Gasteiger partial charge is 0.145 e. The van der Waals surface area contributed by atoms with Gasteiger partial charge in [0.1, 0.15) is 5.65 Å². The Hall–Kier alpha value is -5.94. The van der Waals surface area contributed by atoms with Gasteiger partial charge in [0.05, 0.1) is 33.8 Å². The molecule has 0 saturated carbocycles. The van der Waals surface area contributed by atoms with Crippen molar-refractivity contribution in [3.8, 4) is 11.4 Å². The molecule has 5 nitrogen and oxygen atoms in total. The van der Waals surface area contributed by atoms with Crippen LogP contribution in [0.5, 0.6) is 0 Å². The van der Waals surface area contributed by atoms with Gasteiger partial charge in [-0.25, -0.2) is 4.98 Å². The van der Waals surface area contributed by atoms with E-state index in [1.54, 1.807) is 0 Å². The molecule has 0 unspecified atom stereocenters. The highest BCUT2D eigenvalue weighted by atomic mass is 15.0. The summed E-state index contributed by atoms with van der Waals surface area (Å²) < 4.78 is 7.03. The van der Waals surface area contributed by atoms with E-state index >= 15 is 0 Å². The monoisotopic (exact) mass is 549 g/mol. The third-order valence-corrected chi connectivity index (χ3v) is 8.97. The van der Waals surface area contributed by atoms with Gasteiger partial charge in [-0.3, -0.25) is 9.38 Å². The SMILES string of the molecule is c1ccc(-n2c3ccccc3c3ccc4c(c5ccc6c(c7ccncc7n7ccnc67)c5n4-c4ccccc4)c32)cc1. The van der Waals surface area contributed by atoms with Crippen molar-refractivity contribution in [3.63, 3.8) is 0 Å². The quantitative estimate of drug-likeness (QED) is 0.202. The summed E-state index contributed by atoms with van der Waals surface area (Å²) in [4.78, 5) is 9.32. The lowest BCUT2D eigenvalue weighted by Crippen LogP contribution is -1.97. The van der Waals surface area contributed by atoms with Crippen LogP contribution in [0.3, 0.4) is 0 Å². The van der Waals surface area contributed by atoms with Crippen LogP contribution >= 0.6 is 0 Å². The molecule has 10 aromatic rings. The summed E-state index contributed by atoms with van der Waals surface area (Å²) in [5.41, 5.74) is 9.03. The average Bonchev–Trinajstić information content (AvgIpc) is 3.78. The van der Waals surface area contributed by atoms with Crippen molar-refractivity contribution < 1.29 is 0 Å². The molecule has 0 amide bonds. The summed E-state index contributed by atoms with van der Waals surface area (Å²) in [6.45, 7) is 0. The Labute approximate surface area is 245 Å². The maximum atomic E-state index is 4.81. The number of rotatable bonds is 2. The molecule has 0 saturated heterocycles. The standard InChI is InChI=1S/C38H23N5/c1-3-9-24(10-4-1)42-31-14-8-7-13-26(31)27-17-18-32-35(36(27)42)29-15-16-30-34(37(29)43(32)25-11-5-2-6-12-25)28-19-20-39-23-33(28)41-22-21-40-38(30)41/h1-23H. The van der Waals surface area contributed by atoms with Crippen molar-refractivity contribution in [2.45, 2.75) is 0 Å². The van der Waals surface area contributed by atoms with Gasteiger partial charge in [0, 0.05) is 67.7 Å². The average molecular weight is 550 g/mol. The minimum Gasteiger partial charge on any atom is -0.309 e. The van der Waals surface area contributed by atoms with Crippen molar-refractivity contribution >= 4 is 70.9 Å². The second-order valence-corrected chi connectivity index (χ2v) is 11.1. The molecule has 0 spiro atoms. The molecule has 43 heavy (non-hydrogen) atoms. The van der Waals surface area contributed by atoms with Gasteiger partial charge in [-0.1, -0.05) is 66.7 Å². The number of hydrogen-bond donors (Lipinski definition) is 0. The van der Waals surface area contributed by atoms with Crippen LogP contribution in [0.1, 0.15) is 0 Å². The van der Waals surface area contributed by atoms with E-state index in [0.717, 1.165) is 33.3 Å². The van der Waals surface area contributed by atoms with Crippen molar-refractivity contribution in [1.29, 1.82) is 0 Å².